The molecule has 142 valence electrons. The van der Waals surface area contributed by atoms with E-state index in [0.717, 1.165) is 24.8 Å². The van der Waals surface area contributed by atoms with Crippen molar-refractivity contribution in [3.05, 3.63) is 34.4 Å². The summed E-state index contributed by atoms with van der Waals surface area (Å²) in [5.74, 6) is -1.52. The van der Waals surface area contributed by atoms with Crippen LogP contribution < -0.4 is 0 Å². The molecule has 3 rings (SSSR count). The largest absolute Gasteiger partial charge is 0.469 e. The van der Waals surface area contributed by atoms with Crippen LogP contribution in [-0.2, 0) is 19.7 Å². The molecule has 1 aliphatic carbocycles. The minimum atomic E-state index is -1.33. The van der Waals surface area contributed by atoms with Crippen molar-refractivity contribution < 1.29 is 24.2 Å². The van der Waals surface area contributed by atoms with Crippen molar-refractivity contribution in [2.75, 3.05) is 7.11 Å². The van der Waals surface area contributed by atoms with Crippen LogP contribution in [0.1, 0.15) is 92.6 Å². The van der Waals surface area contributed by atoms with Crippen LogP contribution in [0.2, 0.25) is 0 Å². The summed E-state index contributed by atoms with van der Waals surface area (Å²) in [6.45, 7) is 8.51. The van der Waals surface area contributed by atoms with E-state index in [4.69, 9.17) is 9.47 Å². The lowest BCUT2D eigenvalue weighted by Crippen LogP contribution is -2.36. The summed E-state index contributed by atoms with van der Waals surface area (Å²) in [6.07, 6.45) is 2.91. The van der Waals surface area contributed by atoms with Crippen LogP contribution in [0.3, 0.4) is 0 Å². The Balaban J connectivity index is 2.21. The molecule has 1 fully saturated rings. The molecule has 2 aliphatic rings. The van der Waals surface area contributed by atoms with Crippen molar-refractivity contribution in [2.24, 2.45) is 5.41 Å². The van der Waals surface area contributed by atoms with Crippen molar-refractivity contribution in [1.29, 1.82) is 0 Å². The smallest absolute Gasteiger partial charge is 0.341 e. The fraction of sp³-hybridized carbons (Fsp3) is 0.619. The summed E-state index contributed by atoms with van der Waals surface area (Å²) < 4.78 is 9.97. The van der Waals surface area contributed by atoms with Crippen LogP contribution in [0.4, 0.5) is 0 Å². The zero-order chi connectivity index (χ0) is 19.3. The molecular formula is C21H28O5. The third kappa shape index (κ3) is 3.02. The molecule has 0 radical (unpaired) electrons. The minimum absolute atomic E-state index is 0.139. The molecule has 0 amide bonds. The Labute approximate surface area is 154 Å². The maximum Gasteiger partial charge on any atom is 0.341 e. The number of fused-ring (bicyclic) bond motifs is 1. The van der Waals surface area contributed by atoms with Crippen molar-refractivity contribution in [3.8, 4) is 0 Å². The Kier molecular flexibility index (Phi) is 4.63. The van der Waals surface area contributed by atoms with Gasteiger partial charge in [0, 0.05) is 5.56 Å². The van der Waals surface area contributed by atoms with Crippen molar-refractivity contribution >= 4 is 11.9 Å². The molecule has 0 bridgehead atoms. The Hall–Kier alpha value is -1.88. The molecule has 1 saturated carbocycles. The molecule has 5 nitrogen and oxygen atoms in total. The van der Waals surface area contributed by atoms with Gasteiger partial charge in [-0.1, -0.05) is 33.3 Å². The molecular weight excluding hydrogens is 332 g/mol. The molecule has 0 spiro atoms. The molecule has 1 aromatic rings. The summed E-state index contributed by atoms with van der Waals surface area (Å²) in [6, 6.07) is 3.66. The van der Waals surface area contributed by atoms with Gasteiger partial charge in [-0.05, 0) is 54.2 Å². The van der Waals surface area contributed by atoms with E-state index in [1.165, 1.54) is 13.5 Å². The van der Waals surface area contributed by atoms with Crippen molar-refractivity contribution in [3.63, 3.8) is 0 Å². The lowest BCUT2D eigenvalue weighted by molar-refractivity contribution is -0.142. The fourth-order valence-electron chi connectivity index (χ4n) is 5.01. The van der Waals surface area contributed by atoms with E-state index in [9.17, 15) is 14.7 Å². The summed E-state index contributed by atoms with van der Waals surface area (Å²) in [4.78, 5) is 24.4. The fourth-order valence-corrected chi connectivity index (χ4v) is 5.01. The van der Waals surface area contributed by atoms with E-state index in [0.29, 0.717) is 16.7 Å². The van der Waals surface area contributed by atoms with Gasteiger partial charge in [0.25, 0.3) is 0 Å². The van der Waals surface area contributed by atoms with Gasteiger partial charge in [0.1, 0.15) is 0 Å². The van der Waals surface area contributed by atoms with Gasteiger partial charge in [0.2, 0.25) is 6.29 Å². The lowest BCUT2D eigenvalue weighted by Gasteiger charge is -2.44. The van der Waals surface area contributed by atoms with Gasteiger partial charge in [-0.2, -0.15) is 0 Å². The van der Waals surface area contributed by atoms with Crippen molar-refractivity contribution in [2.45, 2.75) is 71.0 Å². The number of benzene rings is 1. The molecule has 0 unspecified atom stereocenters. The Morgan fingerprint density at radius 3 is 2.62 bits per heavy atom. The number of hydrogen-bond donors (Lipinski definition) is 1. The zero-order valence-corrected chi connectivity index (χ0v) is 16.2. The maximum absolute atomic E-state index is 12.3. The number of ether oxygens (including phenoxy) is 2. The maximum atomic E-state index is 12.3. The number of cyclic esters (lactones) is 1. The Morgan fingerprint density at radius 2 is 2.00 bits per heavy atom. The molecule has 1 aliphatic heterocycles. The monoisotopic (exact) mass is 360 g/mol. The summed E-state index contributed by atoms with van der Waals surface area (Å²) >= 11 is 0. The number of carbonyl (C=O) groups is 2. The average Bonchev–Trinajstić information content (AvgIpc) is 2.86. The highest BCUT2D eigenvalue weighted by Crippen LogP contribution is 2.51. The van der Waals surface area contributed by atoms with Gasteiger partial charge in [-0.15, -0.1) is 0 Å². The van der Waals surface area contributed by atoms with Gasteiger partial charge in [-0.3, -0.25) is 4.79 Å². The second-order valence-corrected chi connectivity index (χ2v) is 8.75. The topological polar surface area (TPSA) is 72.8 Å². The highest BCUT2D eigenvalue weighted by molar-refractivity contribution is 5.95. The molecule has 1 N–H and O–H groups in total. The lowest BCUT2D eigenvalue weighted by atomic mass is 9.60. The van der Waals surface area contributed by atoms with Crippen LogP contribution in [0.25, 0.3) is 0 Å². The number of methoxy groups -OCH3 is 1. The second-order valence-electron chi connectivity index (χ2n) is 8.75. The quantitative estimate of drug-likeness (QED) is 0.826. The van der Waals surface area contributed by atoms with Gasteiger partial charge >= 0.3 is 11.9 Å². The van der Waals surface area contributed by atoms with E-state index in [-0.39, 0.29) is 16.8 Å². The minimum Gasteiger partial charge on any atom is -0.469 e. The van der Waals surface area contributed by atoms with E-state index < -0.39 is 18.2 Å². The first-order chi connectivity index (χ1) is 12.1. The summed E-state index contributed by atoms with van der Waals surface area (Å²) in [5, 5.41) is 10.4. The highest BCUT2D eigenvalue weighted by atomic mass is 16.6. The van der Waals surface area contributed by atoms with Gasteiger partial charge in [-0.25, -0.2) is 4.79 Å². The normalized spacial score (nSPS) is 28.2. The Bertz CT molecular complexity index is 751. The SMILES string of the molecule is COC(=O)[C@H](C)c1c([C@@]2(C)CCCC(C)(C)C2)ccc2c1[C@H](O)OC2=O. The number of esters is 2. The first-order valence-corrected chi connectivity index (χ1v) is 9.24. The van der Waals surface area contributed by atoms with Crippen LogP contribution in [0, 0.1) is 5.41 Å². The Morgan fingerprint density at radius 1 is 1.31 bits per heavy atom. The van der Waals surface area contributed by atoms with E-state index >= 15 is 0 Å². The van der Waals surface area contributed by atoms with E-state index in [1.807, 2.05) is 6.07 Å². The number of aliphatic hydroxyl groups is 1. The van der Waals surface area contributed by atoms with Gasteiger partial charge in [0.15, 0.2) is 0 Å². The average molecular weight is 360 g/mol. The van der Waals surface area contributed by atoms with Crippen molar-refractivity contribution in [1.82, 2.24) is 0 Å². The molecule has 1 aromatic carbocycles. The predicted octanol–water partition coefficient (Wildman–Crippen LogP) is 3.98. The third-order valence-electron chi connectivity index (χ3n) is 6.06. The predicted molar refractivity (Wildman–Crippen MR) is 96.8 cm³/mol. The zero-order valence-electron chi connectivity index (χ0n) is 16.2. The first kappa shape index (κ1) is 18.9. The van der Waals surface area contributed by atoms with Crippen LogP contribution in [-0.4, -0.2) is 24.2 Å². The van der Waals surface area contributed by atoms with Crippen LogP contribution in [0.5, 0.6) is 0 Å². The van der Waals surface area contributed by atoms with E-state index in [2.05, 4.69) is 20.8 Å². The number of carbonyl (C=O) groups excluding carboxylic acids is 2. The number of hydrogen-bond acceptors (Lipinski definition) is 5. The molecule has 26 heavy (non-hydrogen) atoms. The first-order valence-electron chi connectivity index (χ1n) is 9.24. The molecule has 1 heterocycles. The molecule has 0 saturated heterocycles. The number of rotatable bonds is 3. The van der Waals surface area contributed by atoms with Crippen LogP contribution >= 0.6 is 0 Å². The molecule has 5 heteroatoms. The molecule has 3 atom stereocenters. The van der Waals surface area contributed by atoms with Gasteiger partial charge < -0.3 is 14.6 Å². The van der Waals surface area contributed by atoms with E-state index in [1.54, 1.807) is 13.0 Å². The third-order valence-corrected chi connectivity index (χ3v) is 6.06. The number of aliphatic hydroxyl groups excluding tert-OH is 1. The highest BCUT2D eigenvalue weighted by Gasteiger charge is 2.43. The molecule has 0 aromatic heterocycles. The van der Waals surface area contributed by atoms with Gasteiger partial charge in [0.05, 0.1) is 18.6 Å². The summed E-state index contributed by atoms with van der Waals surface area (Å²) in [5.41, 5.74) is 2.52. The second kappa shape index (κ2) is 6.38. The summed E-state index contributed by atoms with van der Waals surface area (Å²) in [7, 11) is 1.35. The van der Waals surface area contributed by atoms with Crippen LogP contribution in [0.15, 0.2) is 12.1 Å². The standard InChI is InChI=1S/C21H28O5/c1-12(17(22)25-5)15-14(21(4)10-6-9-20(2,3)11-21)8-7-13-16(15)19(24)26-18(13)23/h7-8,12,19,24H,6,9-11H2,1-5H3/t12-,19-,21+/m1/s1.